The zero-order valence-corrected chi connectivity index (χ0v) is 9.71. The fourth-order valence-electron chi connectivity index (χ4n) is 1.17. The normalized spacial score (nSPS) is 11.8. The van der Waals surface area contributed by atoms with Crippen LogP contribution in [0.5, 0.6) is 0 Å². The van der Waals surface area contributed by atoms with Crippen molar-refractivity contribution in [3.05, 3.63) is 5.56 Å². The van der Waals surface area contributed by atoms with Crippen molar-refractivity contribution in [3.8, 4) is 0 Å². The second-order valence-corrected chi connectivity index (χ2v) is 4.29. The summed E-state index contributed by atoms with van der Waals surface area (Å²) in [5.41, 5.74) is 6.40. The van der Waals surface area contributed by atoms with Crippen molar-refractivity contribution in [1.29, 1.82) is 0 Å². The van der Waals surface area contributed by atoms with E-state index in [9.17, 15) is 13.2 Å². The van der Waals surface area contributed by atoms with Gasteiger partial charge < -0.3 is 11.1 Å². The van der Waals surface area contributed by atoms with Gasteiger partial charge in [0.05, 0.1) is 0 Å². The molecule has 0 aromatic carbocycles. The van der Waals surface area contributed by atoms with Gasteiger partial charge in [0.1, 0.15) is 10.8 Å². The highest BCUT2D eigenvalue weighted by Gasteiger charge is 2.25. The maximum atomic E-state index is 11.8. The van der Waals surface area contributed by atoms with Gasteiger partial charge in [0.2, 0.25) is 0 Å². The first kappa shape index (κ1) is 13.1. The van der Waals surface area contributed by atoms with E-state index < -0.39 is 12.6 Å². The number of nitrogens with two attached hydrogens (primary N) is 1. The van der Waals surface area contributed by atoms with E-state index in [-0.39, 0.29) is 6.42 Å². The van der Waals surface area contributed by atoms with Crippen molar-refractivity contribution in [2.45, 2.75) is 32.4 Å². The standard InChI is InChI=1S/C9H14F3N3S/c1-6-7(13)15-16-8(6)14-5-3-2-4-9(10,11)12/h14H,2-5H2,1H3,(H2,13,15). The van der Waals surface area contributed by atoms with Gasteiger partial charge in [-0.3, -0.25) is 0 Å². The maximum absolute atomic E-state index is 11.8. The van der Waals surface area contributed by atoms with Gasteiger partial charge in [0, 0.05) is 18.5 Å². The number of rotatable bonds is 5. The van der Waals surface area contributed by atoms with Crippen LogP contribution in [0, 0.1) is 6.92 Å². The van der Waals surface area contributed by atoms with Gasteiger partial charge in [0.15, 0.2) is 0 Å². The van der Waals surface area contributed by atoms with Crippen LogP contribution >= 0.6 is 11.5 Å². The van der Waals surface area contributed by atoms with Gasteiger partial charge in [-0.1, -0.05) is 0 Å². The molecule has 0 atom stereocenters. The highest BCUT2D eigenvalue weighted by Crippen LogP contribution is 2.26. The number of unbranched alkanes of at least 4 members (excludes halogenated alkanes) is 1. The lowest BCUT2D eigenvalue weighted by Gasteiger charge is -2.06. The molecule has 0 bridgehead atoms. The molecule has 3 N–H and O–H groups in total. The molecule has 16 heavy (non-hydrogen) atoms. The Labute approximate surface area is 96.0 Å². The first-order chi connectivity index (χ1) is 7.40. The summed E-state index contributed by atoms with van der Waals surface area (Å²) in [5, 5.41) is 3.87. The van der Waals surface area contributed by atoms with Gasteiger partial charge in [0.25, 0.3) is 0 Å². The van der Waals surface area contributed by atoms with Crippen LogP contribution in [0.3, 0.4) is 0 Å². The number of anilines is 2. The molecule has 1 aromatic rings. The molecule has 1 rings (SSSR count). The number of nitrogen functional groups attached to an aromatic ring is 1. The van der Waals surface area contributed by atoms with Crippen molar-refractivity contribution in [2.75, 3.05) is 17.6 Å². The van der Waals surface area contributed by atoms with E-state index in [1.807, 2.05) is 6.92 Å². The van der Waals surface area contributed by atoms with Crippen molar-refractivity contribution in [2.24, 2.45) is 0 Å². The number of hydrogen-bond acceptors (Lipinski definition) is 4. The largest absolute Gasteiger partial charge is 0.389 e. The lowest BCUT2D eigenvalue weighted by Crippen LogP contribution is -2.08. The third-order valence-corrected chi connectivity index (χ3v) is 3.05. The number of aromatic nitrogens is 1. The van der Waals surface area contributed by atoms with Crippen LogP contribution in [0.15, 0.2) is 0 Å². The number of halogens is 3. The molecule has 0 saturated carbocycles. The Morgan fingerprint density at radius 3 is 2.56 bits per heavy atom. The maximum Gasteiger partial charge on any atom is 0.389 e. The molecule has 0 amide bonds. The quantitative estimate of drug-likeness (QED) is 0.792. The van der Waals surface area contributed by atoms with Crippen molar-refractivity contribution in [3.63, 3.8) is 0 Å². The highest BCUT2D eigenvalue weighted by atomic mass is 32.1. The van der Waals surface area contributed by atoms with E-state index in [4.69, 9.17) is 5.73 Å². The Morgan fingerprint density at radius 2 is 2.06 bits per heavy atom. The summed E-state index contributed by atoms with van der Waals surface area (Å²) < 4.78 is 39.4. The fraction of sp³-hybridized carbons (Fsp3) is 0.667. The van der Waals surface area contributed by atoms with Crippen LogP contribution in [0.2, 0.25) is 0 Å². The third kappa shape index (κ3) is 4.26. The summed E-state index contributed by atoms with van der Waals surface area (Å²) in [7, 11) is 0. The van der Waals surface area contributed by atoms with Crippen molar-refractivity contribution >= 4 is 22.4 Å². The van der Waals surface area contributed by atoms with Crippen LogP contribution in [0.25, 0.3) is 0 Å². The number of nitrogens with zero attached hydrogens (tertiary/aromatic N) is 1. The topological polar surface area (TPSA) is 50.9 Å². The Morgan fingerprint density at radius 1 is 1.38 bits per heavy atom. The van der Waals surface area contributed by atoms with Crippen molar-refractivity contribution < 1.29 is 13.2 Å². The Balaban J connectivity index is 2.19. The van der Waals surface area contributed by atoms with E-state index in [0.29, 0.717) is 18.8 Å². The van der Waals surface area contributed by atoms with Gasteiger partial charge in [-0.15, -0.1) is 0 Å². The van der Waals surface area contributed by atoms with Crippen LogP contribution < -0.4 is 11.1 Å². The molecule has 0 spiro atoms. The molecule has 0 aliphatic heterocycles. The zero-order valence-electron chi connectivity index (χ0n) is 8.90. The summed E-state index contributed by atoms with van der Waals surface area (Å²) in [6, 6.07) is 0. The monoisotopic (exact) mass is 253 g/mol. The summed E-state index contributed by atoms with van der Waals surface area (Å²) in [6.07, 6.45) is -4.15. The molecule has 7 heteroatoms. The Hall–Kier alpha value is -0.980. The first-order valence-corrected chi connectivity index (χ1v) is 5.70. The fourth-order valence-corrected chi connectivity index (χ4v) is 1.90. The average Bonchev–Trinajstić information content (AvgIpc) is 2.47. The number of nitrogens with one attached hydrogen (secondary N) is 1. The van der Waals surface area contributed by atoms with Gasteiger partial charge in [-0.2, -0.15) is 17.5 Å². The average molecular weight is 253 g/mol. The van der Waals surface area contributed by atoms with Crippen LogP contribution in [0.4, 0.5) is 24.0 Å². The minimum absolute atomic E-state index is 0.143. The molecule has 0 saturated heterocycles. The van der Waals surface area contributed by atoms with Crippen LogP contribution in [-0.4, -0.2) is 17.1 Å². The van der Waals surface area contributed by atoms with Gasteiger partial charge in [-0.05, 0) is 31.3 Å². The number of hydrogen-bond donors (Lipinski definition) is 2. The van der Waals surface area contributed by atoms with E-state index in [1.165, 1.54) is 11.5 Å². The van der Waals surface area contributed by atoms with E-state index >= 15 is 0 Å². The van der Waals surface area contributed by atoms with Gasteiger partial charge >= 0.3 is 6.18 Å². The van der Waals surface area contributed by atoms with Crippen LogP contribution in [0.1, 0.15) is 24.8 Å². The summed E-state index contributed by atoms with van der Waals surface area (Å²) >= 11 is 1.23. The lowest BCUT2D eigenvalue weighted by atomic mass is 10.2. The molecule has 1 aromatic heterocycles. The van der Waals surface area contributed by atoms with E-state index in [0.717, 1.165) is 10.6 Å². The summed E-state index contributed by atoms with van der Waals surface area (Å²) in [6.45, 7) is 2.34. The summed E-state index contributed by atoms with van der Waals surface area (Å²) in [4.78, 5) is 0. The molecular formula is C9H14F3N3S. The SMILES string of the molecule is Cc1c(N)nsc1NCCCCC(F)(F)F. The van der Waals surface area contributed by atoms with Crippen LogP contribution in [-0.2, 0) is 0 Å². The summed E-state index contributed by atoms with van der Waals surface area (Å²) in [5.74, 6) is 0.475. The van der Waals surface area contributed by atoms with E-state index in [1.54, 1.807) is 0 Å². The number of alkyl halides is 3. The first-order valence-electron chi connectivity index (χ1n) is 4.92. The third-order valence-electron chi connectivity index (χ3n) is 2.13. The van der Waals surface area contributed by atoms with Gasteiger partial charge in [-0.25, -0.2) is 0 Å². The second-order valence-electron chi connectivity index (χ2n) is 3.52. The molecule has 0 fully saturated rings. The Bertz CT molecular complexity index is 335. The molecule has 0 radical (unpaired) electrons. The van der Waals surface area contributed by atoms with Crippen molar-refractivity contribution in [1.82, 2.24) is 4.37 Å². The highest BCUT2D eigenvalue weighted by molar-refractivity contribution is 7.10. The minimum atomic E-state index is -4.05. The molecule has 3 nitrogen and oxygen atoms in total. The molecule has 0 aliphatic rings. The lowest BCUT2D eigenvalue weighted by molar-refractivity contribution is -0.135. The Kier molecular flexibility index (Phi) is 4.40. The minimum Gasteiger partial charge on any atom is -0.383 e. The predicted molar refractivity (Wildman–Crippen MR) is 59.7 cm³/mol. The molecule has 1 heterocycles. The molecule has 92 valence electrons. The zero-order chi connectivity index (χ0) is 12.2. The molecule has 0 unspecified atom stereocenters. The van der Waals surface area contributed by atoms with E-state index in [2.05, 4.69) is 9.69 Å². The molecule has 0 aliphatic carbocycles. The molecular weight excluding hydrogens is 239 g/mol. The second kappa shape index (κ2) is 5.38. The smallest absolute Gasteiger partial charge is 0.383 e. The predicted octanol–water partition coefficient (Wildman–Crippen LogP) is 3.18.